The van der Waals surface area contributed by atoms with Crippen LogP contribution in [0.1, 0.15) is 4.88 Å². The Morgan fingerprint density at radius 3 is 2.72 bits per heavy atom. The van der Waals surface area contributed by atoms with E-state index in [1.165, 1.54) is 12.1 Å². The molecule has 0 fully saturated rings. The van der Waals surface area contributed by atoms with Crippen LogP contribution in [0, 0.1) is 17.0 Å². The summed E-state index contributed by atoms with van der Waals surface area (Å²) in [6.07, 6.45) is 3.65. The summed E-state index contributed by atoms with van der Waals surface area (Å²) in [4.78, 5) is 16.6. The molecule has 0 bridgehead atoms. The molecule has 0 aliphatic heterocycles. The molecule has 0 N–H and O–H groups in total. The van der Waals surface area contributed by atoms with E-state index in [0.717, 1.165) is 21.1 Å². The molecular weight excluding hydrogens is 250 g/mol. The van der Waals surface area contributed by atoms with Crippen LogP contribution in [0.3, 0.4) is 0 Å². The summed E-state index contributed by atoms with van der Waals surface area (Å²) in [5, 5.41) is 10.6. The molecule has 0 unspecified atom stereocenters. The molecule has 0 aliphatic rings. The Labute approximate surface area is 106 Å². The van der Waals surface area contributed by atoms with Crippen LogP contribution < -0.4 is 0 Å². The summed E-state index contributed by atoms with van der Waals surface area (Å²) in [6.45, 7) is 2.02. The largest absolute Gasteiger partial charge is 0.290 e. The zero-order chi connectivity index (χ0) is 12.7. The fourth-order valence-electron chi connectivity index (χ4n) is 1.97. The van der Waals surface area contributed by atoms with Crippen LogP contribution in [0.25, 0.3) is 16.2 Å². The van der Waals surface area contributed by atoms with Gasteiger partial charge in [-0.3, -0.25) is 14.5 Å². The number of fused-ring (bicyclic) bond motifs is 1. The van der Waals surface area contributed by atoms with E-state index >= 15 is 0 Å². The molecule has 1 aromatic carbocycles. The second-order valence-electron chi connectivity index (χ2n) is 3.89. The maximum Gasteiger partial charge on any atom is 0.269 e. The molecule has 2 aromatic heterocycles. The Hall–Kier alpha value is -2.21. The third-order valence-electron chi connectivity index (χ3n) is 2.78. The van der Waals surface area contributed by atoms with E-state index in [4.69, 9.17) is 0 Å². The predicted octanol–water partition coefficient (Wildman–Crippen LogP) is 3.28. The third-order valence-corrected chi connectivity index (χ3v) is 3.76. The second kappa shape index (κ2) is 3.92. The molecule has 0 aliphatic carbocycles. The lowest BCUT2D eigenvalue weighted by molar-refractivity contribution is -0.384. The zero-order valence-electron chi connectivity index (χ0n) is 9.53. The number of non-ortho nitro benzene ring substituents is 1. The number of imidazole rings is 1. The van der Waals surface area contributed by atoms with E-state index < -0.39 is 4.92 Å². The van der Waals surface area contributed by atoms with E-state index in [-0.39, 0.29) is 5.69 Å². The highest BCUT2D eigenvalue weighted by Gasteiger charge is 2.12. The van der Waals surface area contributed by atoms with Crippen molar-refractivity contribution in [3.05, 3.63) is 51.7 Å². The van der Waals surface area contributed by atoms with Crippen molar-refractivity contribution < 1.29 is 4.92 Å². The van der Waals surface area contributed by atoms with Crippen LogP contribution >= 0.6 is 11.3 Å². The van der Waals surface area contributed by atoms with Crippen molar-refractivity contribution in [1.29, 1.82) is 0 Å². The number of hydrogen-bond acceptors (Lipinski definition) is 4. The van der Waals surface area contributed by atoms with E-state index in [0.29, 0.717) is 0 Å². The summed E-state index contributed by atoms with van der Waals surface area (Å²) in [5.41, 5.74) is 2.11. The fraction of sp³-hybridized carbons (Fsp3) is 0.0833. The van der Waals surface area contributed by atoms with E-state index in [1.54, 1.807) is 29.7 Å². The van der Waals surface area contributed by atoms with Crippen molar-refractivity contribution in [3.8, 4) is 11.3 Å². The fourth-order valence-corrected chi connectivity index (χ4v) is 2.92. The van der Waals surface area contributed by atoms with Gasteiger partial charge < -0.3 is 0 Å². The van der Waals surface area contributed by atoms with Gasteiger partial charge in [0.15, 0.2) is 4.96 Å². The van der Waals surface area contributed by atoms with Crippen molar-refractivity contribution in [2.24, 2.45) is 0 Å². The van der Waals surface area contributed by atoms with Crippen molar-refractivity contribution in [1.82, 2.24) is 9.38 Å². The first kappa shape index (κ1) is 10.9. The van der Waals surface area contributed by atoms with Gasteiger partial charge in [-0.05, 0) is 19.1 Å². The first-order valence-electron chi connectivity index (χ1n) is 5.34. The van der Waals surface area contributed by atoms with E-state index in [2.05, 4.69) is 4.98 Å². The van der Waals surface area contributed by atoms with Crippen LogP contribution in [0.2, 0.25) is 0 Å². The average molecular weight is 259 g/mol. The summed E-state index contributed by atoms with van der Waals surface area (Å²) < 4.78 is 2.00. The minimum atomic E-state index is -0.392. The average Bonchev–Trinajstić information content (AvgIpc) is 2.89. The molecule has 6 heteroatoms. The summed E-state index contributed by atoms with van der Waals surface area (Å²) in [5.74, 6) is 0. The van der Waals surface area contributed by atoms with Gasteiger partial charge in [0.1, 0.15) is 0 Å². The summed E-state index contributed by atoms with van der Waals surface area (Å²) >= 11 is 1.61. The van der Waals surface area contributed by atoms with E-state index in [9.17, 15) is 10.1 Å². The number of aryl methyl sites for hydroxylation is 1. The van der Waals surface area contributed by atoms with Crippen LogP contribution in [0.15, 0.2) is 36.7 Å². The summed E-state index contributed by atoms with van der Waals surface area (Å²) in [6, 6.07) is 6.59. The number of rotatable bonds is 2. The number of nitro groups is 1. The van der Waals surface area contributed by atoms with Gasteiger partial charge in [-0.15, -0.1) is 11.3 Å². The number of nitrogens with zero attached hydrogens (tertiary/aromatic N) is 3. The summed E-state index contributed by atoms with van der Waals surface area (Å²) in [7, 11) is 0. The third kappa shape index (κ3) is 1.58. The monoisotopic (exact) mass is 259 g/mol. The quantitative estimate of drug-likeness (QED) is 0.524. The second-order valence-corrected chi connectivity index (χ2v) is 5.07. The van der Waals surface area contributed by atoms with Crippen LogP contribution in [-0.4, -0.2) is 14.3 Å². The van der Waals surface area contributed by atoms with Gasteiger partial charge >= 0.3 is 0 Å². The number of thiazole rings is 1. The van der Waals surface area contributed by atoms with Crippen molar-refractivity contribution >= 4 is 22.0 Å². The minimum absolute atomic E-state index is 0.105. The molecular formula is C12H9N3O2S. The standard InChI is InChI=1S/C12H9N3O2S/c1-8-11(14-7-6-13-12(14)18-8)9-2-4-10(5-3-9)15(16)17/h2-7H,1H3. The van der Waals surface area contributed by atoms with Gasteiger partial charge in [-0.25, -0.2) is 4.98 Å². The first-order chi connectivity index (χ1) is 8.66. The molecule has 0 radical (unpaired) electrons. The van der Waals surface area contributed by atoms with Crippen molar-refractivity contribution in [3.63, 3.8) is 0 Å². The molecule has 2 heterocycles. The van der Waals surface area contributed by atoms with Crippen molar-refractivity contribution in [2.75, 3.05) is 0 Å². The lowest BCUT2D eigenvalue weighted by atomic mass is 10.1. The smallest absolute Gasteiger partial charge is 0.269 e. The maximum atomic E-state index is 10.6. The van der Waals surface area contributed by atoms with Crippen LogP contribution in [0.4, 0.5) is 5.69 Å². The van der Waals surface area contributed by atoms with Gasteiger partial charge in [0, 0.05) is 35.0 Å². The van der Waals surface area contributed by atoms with Gasteiger partial charge in [0.05, 0.1) is 10.6 Å². The van der Waals surface area contributed by atoms with Gasteiger partial charge in [0.25, 0.3) is 5.69 Å². The first-order valence-corrected chi connectivity index (χ1v) is 6.16. The number of benzene rings is 1. The Morgan fingerprint density at radius 1 is 1.33 bits per heavy atom. The predicted molar refractivity (Wildman–Crippen MR) is 69.9 cm³/mol. The zero-order valence-corrected chi connectivity index (χ0v) is 10.3. The molecule has 0 saturated carbocycles. The van der Waals surface area contributed by atoms with Crippen LogP contribution in [0.5, 0.6) is 0 Å². The van der Waals surface area contributed by atoms with Crippen molar-refractivity contribution in [2.45, 2.75) is 6.92 Å². The highest BCUT2D eigenvalue weighted by Crippen LogP contribution is 2.31. The normalized spacial score (nSPS) is 10.9. The SMILES string of the molecule is Cc1sc2nccn2c1-c1ccc([N+](=O)[O-])cc1. The number of nitro benzene ring substituents is 1. The molecule has 90 valence electrons. The molecule has 3 aromatic rings. The van der Waals surface area contributed by atoms with E-state index in [1.807, 2.05) is 17.5 Å². The molecule has 0 saturated heterocycles. The lowest BCUT2D eigenvalue weighted by Crippen LogP contribution is -1.89. The Bertz CT molecular complexity index is 727. The molecule has 18 heavy (non-hydrogen) atoms. The Morgan fingerprint density at radius 2 is 2.06 bits per heavy atom. The molecule has 5 nitrogen and oxygen atoms in total. The Balaban J connectivity index is 2.16. The lowest BCUT2D eigenvalue weighted by Gasteiger charge is -2.01. The molecule has 0 spiro atoms. The van der Waals surface area contributed by atoms with Gasteiger partial charge in [0.2, 0.25) is 0 Å². The maximum absolute atomic E-state index is 10.6. The van der Waals surface area contributed by atoms with Gasteiger partial charge in [-0.1, -0.05) is 0 Å². The highest BCUT2D eigenvalue weighted by molar-refractivity contribution is 7.17. The van der Waals surface area contributed by atoms with Crippen LogP contribution in [-0.2, 0) is 0 Å². The molecule has 0 amide bonds. The minimum Gasteiger partial charge on any atom is -0.290 e. The number of aromatic nitrogens is 2. The molecule has 0 atom stereocenters. The number of hydrogen-bond donors (Lipinski definition) is 0. The highest BCUT2D eigenvalue weighted by atomic mass is 32.1. The Kier molecular flexibility index (Phi) is 2.38. The topological polar surface area (TPSA) is 60.4 Å². The molecule has 3 rings (SSSR count). The van der Waals surface area contributed by atoms with Gasteiger partial charge in [-0.2, -0.15) is 0 Å².